The minimum atomic E-state index is -0.354. The minimum Gasteiger partial charge on any atom is -0.271 e. The molecule has 1 aliphatic rings. The van der Waals surface area contributed by atoms with Crippen molar-refractivity contribution < 1.29 is 4.39 Å². The normalized spacial score (nSPS) is 25.3. The summed E-state index contributed by atoms with van der Waals surface area (Å²) < 4.78 is 13.4. The van der Waals surface area contributed by atoms with Gasteiger partial charge >= 0.3 is 0 Å². The predicted octanol–water partition coefficient (Wildman–Crippen LogP) is 3.68. The van der Waals surface area contributed by atoms with Crippen LogP contribution in [0.15, 0.2) is 18.2 Å². The van der Waals surface area contributed by atoms with Crippen LogP contribution in [0.1, 0.15) is 38.2 Å². The fourth-order valence-electron chi connectivity index (χ4n) is 2.99. The van der Waals surface area contributed by atoms with E-state index in [2.05, 4.69) is 12.3 Å². The van der Waals surface area contributed by atoms with E-state index in [1.54, 1.807) is 6.07 Å². The number of hydrogen-bond donors (Lipinski definition) is 2. The average molecular weight is 285 g/mol. The van der Waals surface area contributed by atoms with Gasteiger partial charge < -0.3 is 0 Å². The lowest BCUT2D eigenvalue weighted by Gasteiger charge is -2.32. The average Bonchev–Trinajstić information content (AvgIpc) is 2.42. The Kier molecular flexibility index (Phi) is 5.20. The lowest BCUT2D eigenvalue weighted by Crippen LogP contribution is -2.43. The fourth-order valence-corrected chi connectivity index (χ4v) is 3.20. The molecule has 19 heavy (non-hydrogen) atoms. The Morgan fingerprint density at radius 1 is 1.37 bits per heavy atom. The number of nitrogens with two attached hydrogens (primary N) is 1. The molecular formula is C15H22ClFN2. The summed E-state index contributed by atoms with van der Waals surface area (Å²) >= 11 is 6.01. The van der Waals surface area contributed by atoms with E-state index in [9.17, 15) is 4.39 Å². The van der Waals surface area contributed by atoms with Crippen molar-refractivity contribution in [1.29, 1.82) is 0 Å². The summed E-state index contributed by atoms with van der Waals surface area (Å²) in [6.45, 7) is 2.30. The Morgan fingerprint density at radius 3 is 2.68 bits per heavy atom. The summed E-state index contributed by atoms with van der Waals surface area (Å²) in [5.41, 5.74) is 3.74. The van der Waals surface area contributed by atoms with E-state index in [0.717, 1.165) is 11.5 Å². The highest BCUT2D eigenvalue weighted by molar-refractivity contribution is 6.31. The first-order chi connectivity index (χ1) is 9.11. The summed E-state index contributed by atoms with van der Waals surface area (Å²) in [5.74, 6) is 6.70. The molecule has 4 heteroatoms. The van der Waals surface area contributed by atoms with E-state index >= 15 is 0 Å². The molecule has 2 rings (SSSR count). The van der Waals surface area contributed by atoms with Crippen molar-refractivity contribution in [2.75, 3.05) is 0 Å². The molecule has 1 saturated carbocycles. The third-order valence-corrected chi connectivity index (χ3v) is 4.74. The van der Waals surface area contributed by atoms with E-state index in [0.29, 0.717) is 12.3 Å². The maximum Gasteiger partial charge on any atom is 0.142 e. The molecule has 0 bridgehead atoms. The van der Waals surface area contributed by atoms with Crippen LogP contribution in [-0.2, 0) is 6.42 Å². The van der Waals surface area contributed by atoms with Gasteiger partial charge in [-0.25, -0.2) is 4.39 Å². The first-order valence-corrected chi connectivity index (χ1v) is 7.38. The second-order valence-corrected chi connectivity index (χ2v) is 6.09. The molecule has 1 aromatic carbocycles. The molecule has 0 aromatic heterocycles. The maximum atomic E-state index is 13.4. The van der Waals surface area contributed by atoms with Crippen LogP contribution >= 0.6 is 11.6 Å². The number of hydrogen-bond acceptors (Lipinski definition) is 2. The van der Waals surface area contributed by atoms with Gasteiger partial charge in [0.1, 0.15) is 5.82 Å². The zero-order valence-electron chi connectivity index (χ0n) is 11.3. The smallest absolute Gasteiger partial charge is 0.142 e. The van der Waals surface area contributed by atoms with Gasteiger partial charge in [0.15, 0.2) is 0 Å². The summed E-state index contributed by atoms with van der Waals surface area (Å²) in [7, 11) is 0. The van der Waals surface area contributed by atoms with Crippen LogP contribution in [0.25, 0.3) is 0 Å². The molecule has 2 nitrogen and oxygen atoms in total. The Hall–Kier alpha value is -0.640. The Balaban J connectivity index is 2.04. The van der Waals surface area contributed by atoms with Gasteiger partial charge in [0.05, 0.1) is 5.02 Å². The van der Waals surface area contributed by atoms with Gasteiger partial charge in [0.25, 0.3) is 0 Å². The molecule has 0 spiro atoms. The van der Waals surface area contributed by atoms with Crippen LogP contribution in [0.4, 0.5) is 4.39 Å². The van der Waals surface area contributed by atoms with Crippen LogP contribution in [0.5, 0.6) is 0 Å². The van der Waals surface area contributed by atoms with Gasteiger partial charge in [-0.1, -0.05) is 43.5 Å². The van der Waals surface area contributed by atoms with Gasteiger partial charge in [0, 0.05) is 6.04 Å². The molecule has 0 heterocycles. The van der Waals surface area contributed by atoms with E-state index in [-0.39, 0.29) is 16.9 Å². The topological polar surface area (TPSA) is 38.0 Å². The summed E-state index contributed by atoms with van der Waals surface area (Å²) in [6, 6.07) is 5.14. The number of nitrogens with one attached hydrogen (secondary N) is 1. The summed E-state index contributed by atoms with van der Waals surface area (Å²) in [6.07, 6.45) is 5.55. The minimum absolute atomic E-state index is 0.173. The Morgan fingerprint density at radius 2 is 2.05 bits per heavy atom. The van der Waals surface area contributed by atoms with Crippen LogP contribution in [-0.4, -0.2) is 6.04 Å². The van der Waals surface area contributed by atoms with Crippen LogP contribution < -0.4 is 11.3 Å². The van der Waals surface area contributed by atoms with Crippen molar-refractivity contribution in [3.8, 4) is 0 Å². The number of rotatable bonds is 4. The molecule has 1 aromatic rings. The molecule has 0 aliphatic heterocycles. The number of benzene rings is 1. The number of hydrazine groups is 1. The van der Waals surface area contributed by atoms with E-state index in [1.807, 2.05) is 6.07 Å². The first kappa shape index (κ1) is 14.8. The largest absolute Gasteiger partial charge is 0.271 e. The van der Waals surface area contributed by atoms with Crippen molar-refractivity contribution in [3.05, 3.63) is 34.6 Å². The van der Waals surface area contributed by atoms with Gasteiger partial charge in [-0.3, -0.25) is 11.3 Å². The van der Waals surface area contributed by atoms with Crippen molar-refractivity contribution >= 4 is 11.6 Å². The van der Waals surface area contributed by atoms with Gasteiger partial charge in [-0.2, -0.15) is 0 Å². The summed E-state index contributed by atoms with van der Waals surface area (Å²) in [4.78, 5) is 0. The molecule has 106 valence electrons. The van der Waals surface area contributed by atoms with Gasteiger partial charge in [-0.15, -0.1) is 0 Å². The van der Waals surface area contributed by atoms with Crippen molar-refractivity contribution in [2.45, 2.75) is 45.1 Å². The first-order valence-electron chi connectivity index (χ1n) is 7.00. The third-order valence-electron chi connectivity index (χ3n) is 4.32. The lowest BCUT2D eigenvalue weighted by molar-refractivity contribution is 0.229. The zero-order chi connectivity index (χ0) is 13.8. The monoisotopic (exact) mass is 284 g/mol. The van der Waals surface area contributed by atoms with E-state index in [1.165, 1.54) is 31.7 Å². The SMILES string of the molecule is CC1CCC(C(Cc2cccc(F)c2Cl)NN)CC1. The van der Waals surface area contributed by atoms with Crippen LogP contribution in [0.2, 0.25) is 5.02 Å². The van der Waals surface area contributed by atoms with Crippen molar-refractivity contribution in [2.24, 2.45) is 17.7 Å². The summed E-state index contributed by atoms with van der Waals surface area (Å²) in [5, 5.41) is 0.229. The van der Waals surface area contributed by atoms with Crippen molar-refractivity contribution in [1.82, 2.24) is 5.43 Å². The molecule has 1 fully saturated rings. The maximum absolute atomic E-state index is 13.4. The van der Waals surface area contributed by atoms with Gasteiger partial charge in [-0.05, 0) is 42.7 Å². The molecule has 0 amide bonds. The highest BCUT2D eigenvalue weighted by atomic mass is 35.5. The molecular weight excluding hydrogens is 263 g/mol. The molecule has 0 radical (unpaired) electrons. The molecule has 3 N–H and O–H groups in total. The molecule has 0 saturated heterocycles. The quantitative estimate of drug-likeness (QED) is 0.654. The zero-order valence-corrected chi connectivity index (χ0v) is 12.1. The Bertz CT molecular complexity index is 417. The third kappa shape index (κ3) is 3.68. The van der Waals surface area contributed by atoms with Crippen molar-refractivity contribution in [3.63, 3.8) is 0 Å². The lowest BCUT2D eigenvalue weighted by atomic mass is 9.78. The van der Waals surface area contributed by atoms with E-state index < -0.39 is 0 Å². The van der Waals surface area contributed by atoms with Crippen LogP contribution in [0, 0.1) is 17.7 Å². The van der Waals surface area contributed by atoms with Gasteiger partial charge in [0.2, 0.25) is 0 Å². The Labute approximate surface area is 119 Å². The highest BCUT2D eigenvalue weighted by Crippen LogP contribution is 2.32. The molecule has 1 aliphatic carbocycles. The predicted molar refractivity (Wildman–Crippen MR) is 77.3 cm³/mol. The molecule has 1 atom stereocenters. The van der Waals surface area contributed by atoms with E-state index in [4.69, 9.17) is 17.4 Å². The second-order valence-electron chi connectivity index (χ2n) is 5.71. The standard InChI is InChI=1S/C15H22ClFN2/c1-10-5-7-11(8-6-10)14(19-18)9-12-3-2-4-13(17)15(12)16/h2-4,10-11,14,19H,5-9,18H2,1H3. The fraction of sp³-hybridized carbons (Fsp3) is 0.600. The number of halogens is 2. The van der Waals surface area contributed by atoms with Crippen LogP contribution in [0.3, 0.4) is 0 Å². The molecule has 1 unspecified atom stereocenters. The highest BCUT2D eigenvalue weighted by Gasteiger charge is 2.26. The second kappa shape index (κ2) is 6.69.